The smallest absolute Gasteiger partial charge is 0.171 e. The van der Waals surface area contributed by atoms with Gasteiger partial charge in [-0.3, -0.25) is 4.68 Å². The Morgan fingerprint density at radius 2 is 2.07 bits per heavy atom. The van der Waals surface area contributed by atoms with Crippen molar-refractivity contribution in [1.29, 1.82) is 0 Å². The van der Waals surface area contributed by atoms with Gasteiger partial charge in [0, 0.05) is 19.8 Å². The van der Waals surface area contributed by atoms with Crippen molar-refractivity contribution in [1.82, 2.24) is 9.78 Å². The maximum atomic E-state index is 5.76. The van der Waals surface area contributed by atoms with Crippen molar-refractivity contribution in [2.75, 3.05) is 11.1 Å². The van der Waals surface area contributed by atoms with Crippen LogP contribution in [-0.4, -0.2) is 9.78 Å². The van der Waals surface area contributed by atoms with E-state index in [4.69, 9.17) is 5.73 Å². The third kappa shape index (κ3) is 2.28. The molecule has 0 radical (unpaired) electrons. The summed E-state index contributed by atoms with van der Waals surface area (Å²) in [4.78, 5) is 0. The first-order valence-corrected chi connectivity index (χ1v) is 4.82. The van der Waals surface area contributed by atoms with Gasteiger partial charge in [-0.25, -0.2) is 0 Å². The summed E-state index contributed by atoms with van der Waals surface area (Å²) in [6.07, 6.45) is 1.79. The minimum atomic E-state index is 0.674. The Bertz CT molecular complexity index is 433. The quantitative estimate of drug-likeness (QED) is 0.795. The molecule has 15 heavy (non-hydrogen) atoms. The van der Waals surface area contributed by atoms with Gasteiger partial charge in [0.05, 0.1) is 5.69 Å². The van der Waals surface area contributed by atoms with Crippen molar-refractivity contribution in [3.63, 3.8) is 0 Å². The van der Waals surface area contributed by atoms with E-state index in [2.05, 4.69) is 22.5 Å². The first kappa shape index (κ1) is 9.58. The second-order valence-corrected chi connectivity index (χ2v) is 3.45. The van der Waals surface area contributed by atoms with Crippen molar-refractivity contribution in [2.45, 2.75) is 6.54 Å². The number of rotatable bonds is 3. The summed E-state index contributed by atoms with van der Waals surface area (Å²) < 4.78 is 1.70. The molecule has 0 saturated carbocycles. The van der Waals surface area contributed by atoms with Crippen LogP contribution in [0.15, 0.2) is 36.5 Å². The summed E-state index contributed by atoms with van der Waals surface area (Å²) >= 11 is 0. The van der Waals surface area contributed by atoms with Gasteiger partial charge in [0.25, 0.3) is 0 Å². The van der Waals surface area contributed by atoms with Crippen LogP contribution in [0.2, 0.25) is 0 Å². The second kappa shape index (κ2) is 4.04. The maximum Gasteiger partial charge on any atom is 0.171 e. The molecule has 78 valence electrons. The molecule has 1 aromatic carbocycles. The van der Waals surface area contributed by atoms with Gasteiger partial charge in [0.1, 0.15) is 0 Å². The molecule has 2 rings (SSSR count). The molecule has 0 bridgehead atoms. The molecule has 2 aromatic rings. The molecule has 0 saturated heterocycles. The molecule has 0 aliphatic rings. The number of nitrogens with one attached hydrogen (secondary N) is 1. The van der Waals surface area contributed by atoms with Crippen LogP contribution in [0.25, 0.3) is 0 Å². The third-order valence-corrected chi connectivity index (χ3v) is 2.16. The highest BCUT2D eigenvalue weighted by atomic mass is 15.3. The molecule has 0 atom stereocenters. The Morgan fingerprint density at radius 1 is 1.33 bits per heavy atom. The average molecular weight is 202 g/mol. The summed E-state index contributed by atoms with van der Waals surface area (Å²) in [5, 5.41) is 7.40. The lowest BCUT2D eigenvalue weighted by Gasteiger charge is -2.03. The number of anilines is 2. The number of hydrogen-bond acceptors (Lipinski definition) is 3. The minimum Gasteiger partial charge on any atom is -0.394 e. The second-order valence-electron chi connectivity index (χ2n) is 3.45. The van der Waals surface area contributed by atoms with E-state index in [0.717, 1.165) is 12.4 Å². The van der Waals surface area contributed by atoms with Gasteiger partial charge in [-0.2, -0.15) is 5.10 Å². The third-order valence-electron chi connectivity index (χ3n) is 2.16. The van der Waals surface area contributed by atoms with Gasteiger partial charge in [-0.1, -0.05) is 30.3 Å². The minimum absolute atomic E-state index is 0.674. The van der Waals surface area contributed by atoms with Gasteiger partial charge in [-0.05, 0) is 5.56 Å². The predicted octanol–water partition coefficient (Wildman–Crippen LogP) is 1.61. The fourth-order valence-corrected chi connectivity index (χ4v) is 1.43. The Balaban J connectivity index is 2.02. The lowest BCUT2D eigenvalue weighted by Crippen LogP contribution is -2.02. The van der Waals surface area contributed by atoms with Crippen LogP contribution in [0, 0.1) is 0 Å². The molecule has 0 aliphatic heterocycles. The first-order chi connectivity index (χ1) is 7.25. The Labute approximate surface area is 88.7 Å². The Morgan fingerprint density at radius 3 is 2.67 bits per heavy atom. The molecule has 4 heteroatoms. The Hall–Kier alpha value is -1.97. The summed E-state index contributed by atoms with van der Waals surface area (Å²) in [5.74, 6) is 0.737. The van der Waals surface area contributed by atoms with Gasteiger partial charge >= 0.3 is 0 Å². The van der Waals surface area contributed by atoms with E-state index < -0.39 is 0 Å². The number of benzene rings is 1. The van der Waals surface area contributed by atoms with Crippen molar-refractivity contribution in [3.05, 3.63) is 42.1 Å². The summed E-state index contributed by atoms with van der Waals surface area (Å²) in [5.41, 5.74) is 7.64. The maximum absolute atomic E-state index is 5.76. The standard InChI is InChI=1S/C11H14N4/c1-15-8-10(12)11(14-15)13-7-9-5-3-2-4-6-9/h2-6,8H,7,12H2,1H3,(H,13,14). The SMILES string of the molecule is Cn1cc(N)c(NCc2ccccc2)n1. The highest BCUT2D eigenvalue weighted by Gasteiger charge is 2.02. The lowest BCUT2D eigenvalue weighted by atomic mass is 10.2. The van der Waals surface area contributed by atoms with Crippen LogP contribution in [-0.2, 0) is 13.6 Å². The van der Waals surface area contributed by atoms with Crippen LogP contribution in [0.1, 0.15) is 5.56 Å². The summed E-state index contributed by atoms with van der Waals surface area (Å²) in [6.45, 7) is 0.738. The van der Waals surface area contributed by atoms with E-state index in [1.807, 2.05) is 25.2 Å². The van der Waals surface area contributed by atoms with Crippen molar-refractivity contribution < 1.29 is 0 Å². The topological polar surface area (TPSA) is 55.9 Å². The molecule has 0 aliphatic carbocycles. The van der Waals surface area contributed by atoms with E-state index in [-0.39, 0.29) is 0 Å². The summed E-state index contributed by atoms with van der Waals surface area (Å²) in [6, 6.07) is 10.1. The van der Waals surface area contributed by atoms with Crippen LogP contribution in [0.5, 0.6) is 0 Å². The molecule has 0 unspecified atom stereocenters. The number of nitrogen functional groups attached to an aromatic ring is 1. The molecule has 3 N–H and O–H groups in total. The van der Waals surface area contributed by atoms with Crippen LogP contribution in [0.4, 0.5) is 11.5 Å². The number of aryl methyl sites for hydroxylation is 1. The number of nitrogens with zero attached hydrogens (tertiary/aromatic N) is 2. The van der Waals surface area contributed by atoms with Crippen LogP contribution >= 0.6 is 0 Å². The lowest BCUT2D eigenvalue weighted by molar-refractivity contribution is 0.768. The zero-order valence-corrected chi connectivity index (χ0v) is 8.64. The number of nitrogens with two attached hydrogens (primary N) is 1. The highest BCUT2D eigenvalue weighted by molar-refractivity contribution is 5.59. The fourth-order valence-electron chi connectivity index (χ4n) is 1.43. The fraction of sp³-hybridized carbons (Fsp3) is 0.182. The normalized spacial score (nSPS) is 10.2. The molecule has 0 spiro atoms. The molecular formula is C11H14N4. The average Bonchev–Trinajstić information content (AvgIpc) is 2.56. The molecule has 0 amide bonds. The zero-order chi connectivity index (χ0) is 10.7. The largest absolute Gasteiger partial charge is 0.394 e. The van der Waals surface area contributed by atoms with Gasteiger partial charge in [0.15, 0.2) is 5.82 Å². The number of hydrogen-bond donors (Lipinski definition) is 2. The van der Waals surface area contributed by atoms with Crippen molar-refractivity contribution in [2.24, 2.45) is 7.05 Å². The predicted molar refractivity (Wildman–Crippen MR) is 61.4 cm³/mol. The van der Waals surface area contributed by atoms with Gasteiger partial charge in [0.2, 0.25) is 0 Å². The van der Waals surface area contributed by atoms with Crippen molar-refractivity contribution >= 4 is 11.5 Å². The monoisotopic (exact) mass is 202 g/mol. The van der Waals surface area contributed by atoms with Gasteiger partial charge in [-0.15, -0.1) is 0 Å². The zero-order valence-electron chi connectivity index (χ0n) is 8.64. The van der Waals surface area contributed by atoms with E-state index >= 15 is 0 Å². The molecule has 1 aromatic heterocycles. The van der Waals surface area contributed by atoms with Crippen molar-refractivity contribution in [3.8, 4) is 0 Å². The van der Waals surface area contributed by atoms with E-state index in [1.165, 1.54) is 5.56 Å². The number of aromatic nitrogens is 2. The van der Waals surface area contributed by atoms with Crippen LogP contribution in [0.3, 0.4) is 0 Å². The molecule has 4 nitrogen and oxygen atoms in total. The molecule has 0 fully saturated rings. The Kier molecular flexibility index (Phi) is 2.58. The molecular weight excluding hydrogens is 188 g/mol. The van der Waals surface area contributed by atoms with E-state index in [0.29, 0.717) is 5.69 Å². The molecule has 1 heterocycles. The van der Waals surface area contributed by atoms with E-state index in [1.54, 1.807) is 10.9 Å². The highest BCUT2D eigenvalue weighted by Crippen LogP contribution is 2.15. The van der Waals surface area contributed by atoms with Gasteiger partial charge < -0.3 is 11.1 Å². The van der Waals surface area contributed by atoms with E-state index in [9.17, 15) is 0 Å². The van der Waals surface area contributed by atoms with Crippen LogP contribution < -0.4 is 11.1 Å². The first-order valence-electron chi connectivity index (χ1n) is 4.82. The summed E-state index contributed by atoms with van der Waals surface area (Å²) in [7, 11) is 1.85.